The molecular formula is C9H16N2O4S. The zero-order valence-corrected chi connectivity index (χ0v) is 9.98. The Hall–Kier alpha value is -0.660. The van der Waals surface area contributed by atoms with Crippen LogP contribution in [0, 0.1) is 5.92 Å². The average molecular weight is 248 g/mol. The SMILES string of the molecule is CC(C(=O)O)N1CCN(CC2CC2)S1(=O)=O. The summed E-state index contributed by atoms with van der Waals surface area (Å²) in [5, 5.41) is 8.83. The molecule has 0 amide bonds. The van der Waals surface area contributed by atoms with Gasteiger partial charge in [-0.3, -0.25) is 4.79 Å². The monoisotopic (exact) mass is 248 g/mol. The summed E-state index contributed by atoms with van der Waals surface area (Å²) < 4.78 is 26.5. The highest BCUT2D eigenvalue weighted by molar-refractivity contribution is 7.87. The number of hydrogen-bond acceptors (Lipinski definition) is 3. The number of carboxylic acid groups (broad SMARTS) is 1. The molecule has 1 saturated carbocycles. The molecule has 2 fully saturated rings. The molecule has 0 aromatic heterocycles. The minimum Gasteiger partial charge on any atom is -0.480 e. The predicted octanol–water partition coefficient (Wildman–Crippen LogP) is -0.268. The summed E-state index contributed by atoms with van der Waals surface area (Å²) in [5.74, 6) is -0.619. The Kier molecular flexibility index (Phi) is 2.93. The lowest BCUT2D eigenvalue weighted by atomic mass is 10.3. The molecule has 0 radical (unpaired) electrons. The normalized spacial score (nSPS) is 28.1. The first-order valence-corrected chi connectivity index (χ1v) is 6.82. The Labute approximate surface area is 95.0 Å². The van der Waals surface area contributed by atoms with E-state index in [2.05, 4.69) is 0 Å². The number of hydrogen-bond donors (Lipinski definition) is 1. The molecule has 0 aromatic carbocycles. The summed E-state index contributed by atoms with van der Waals surface area (Å²) in [6.07, 6.45) is 2.17. The van der Waals surface area contributed by atoms with E-state index in [1.165, 1.54) is 11.2 Å². The summed E-state index contributed by atoms with van der Waals surface area (Å²) >= 11 is 0. The van der Waals surface area contributed by atoms with Gasteiger partial charge in [0.25, 0.3) is 10.2 Å². The molecule has 1 aliphatic heterocycles. The molecule has 1 heterocycles. The van der Waals surface area contributed by atoms with Gasteiger partial charge in [-0.2, -0.15) is 17.0 Å². The molecule has 1 saturated heterocycles. The van der Waals surface area contributed by atoms with Crippen molar-refractivity contribution in [2.75, 3.05) is 19.6 Å². The Balaban J connectivity index is 2.09. The van der Waals surface area contributed by atoms with Gasteiger partial charge in [0, 0.05) is 19.6 Å². The van der Waals surface area contributed by atoms with Gasteiger partial charge in [0.1, 0.15) is 6.04 Å². The van der Waals surface area contributed by atoms with Crippen LogP contribution in [-0.4, -0.2) is 53.8 Å². The quantitative estimate of drug-likeness (QED) is 0.743. The van der Waals surface area contributed by atoms with Crippen molar-refractivity contribution >= 4 is 16.2 Å². The highest BCUT2D eigenvalue weighted by Crippen LogP contribution is 2.32. The van der Waals surface area contributed by atoms with Crippen LogP contribution in [0.3, 0.4) is 0 Å². The van der Waals surface area contributed by atoms with Gasteiger partial charge in [-0.1, -0.05) is 0 Å². The van der Waals surface area contributed by atoms with Crippen LogP contribution in [0.4, 0.5) is 0 Å². The number of aliphatic carboxylic acids is 1. The minimum atomic E-state index is -3.54. The second-order valence-electron chi connectivity index (χ2n) is 4.43. The van der Waals surface area contributed by atoms with E-state index in [1.807, 2.05) is 0 Å². The Morgan fingerprint density at radius 2 is 2.06 bits per heavy atom. The van der Waals surface area contributed by atoms with E-state index >= 15 is 0 Å². The maximum absolute atomic E-state index is 12.0. The fourth-order valence-electron chi connectivity index (χ4n) is 1.88. The van der Waals surface area contributed by atoms with Gasteiger partial charge in [0.2, 0.25) is 0 Å². The van der Waals surface area contributed by atoms with Crippen LogP contribution >= 0.6 is 0 Å². The first-order chi connectivity index (χ1) is 7.43. The van der Waals surface area contributed by atoms with Gasteiger partial charge in [-0.25, -0.2) is 0 Å². The van der Waals surface area contributed by atoms with Crippen molar-refractivity contribution in [1.82, 2.24) is 8.61 Å². The van der Waals surface area contributed by atoms with Crippen LogP contribution in [0.2, 0.25) is 0 Å². The molecular weight excluding hydrogens is 232 g/mol. The zero-order valence-electron chi connectivity index (χ0n) is 9.16. The molecule has 1 aliphatic carbocycles. The highest BCUT2D eigenvalue weighted by atomic mass is 32.2. The molecule has 7 heteroatoms. The van der Waals surface area contributed by atoms with Crippen molar-refractivity contribution in [3.63, 3.8) is 0 Å². The van der Waals surface area contributed by atoms with Crippen molar-refractivity contribution < 1.29 is 18.3 Å². The Morgan fingerprint density at radius 3 is 2.56 bits per heavy atom. The molecule has 6 nitrogen and oxygen atoms in total. The molecule has 0 bridgehead atoms. The Morgan fingerprint density at radius 1 is 1.44 bits per heavy atom. The predicted molar refractivity (Wildman–Crippen MR) is 57.0 cm³/mol. The molecule has 2 aliphatic rings. The lowest BCUT2D eigenvalue weighted by Crippen LogP contribution is -2.42. The standard InChI is InChI=1S/C9H16N2O4S/c1-7(9(12)13)11-5-4-10(16(11,14)15)6-8-2-3-8/h7-8H,2-6H2,1H3,(H,12,13). The fourth-order valence-corrected chi connectivity index (χ4v) is 3.69. The van der Waals surface area contributed by atoms with Gasteiger partial charge in [-0.05, 0) is 25.7 Å². The topological polar surface area (TPSA) is 77.9 Å². The van der Waals surface area contributed by atoms with E-state index in [9.17, 15) is 13.2 Å². The summed E-state index contributed by atoms with van der Waals surface area (Å²) in [4.78, 5) is 10.8. The van der Waals surface area contributed by atoms with Crippen molar-refractivity contribution in [1.29, 1.82) is 0 Å². The van der Waals surface area contributed by atoms with E-state index in [4.69, 9.17) is 5.11 Å². The molecule has 2 rings (SSSR count). The van der Waals surface area contributed by atoms with E-state index in [1.54, 1.807) is 0 Å². The van der Waals surface area contributed by atoms with Crippen molar-refractivity contribution in [2.45, 2.75) is 25.8 Å². The first kappa shape index (κ1) is 11.8. The second kappa shape index (κ2) is 3.97. The maximum atomic E-state index is 12.0. The van der Waals surface area contributed by atoms with E-state index < -0.39 is 22.2 Å². The first-order valence-electron chi connectivity index (χ1n) is 5.42. The van der Waals surface area contributed by atoms with Gasteiger partial charge in [0.05, 0.1) is 0 Å². The minimum absolute atomic E-state index is 0.280. The molecule has 0 spiro atoms. The van der Waals surface area contributed by atoms with Gasteiger partial charge < -0.3 is 5.11 Å². The lowest BCUT2D eigenvalue weighted by molar-refractivity contribution is -0.140. The summed E-state index contributed by atoms with van der Waals surface area (Å²) in [7, 11) is -3.54. The zero-order chi connectivity index (χ0) is 11.9. The molecule has 1 unspecified atom stereocenters. The van der Waals surface area contributed by atoms with Crippen molar-refractivity contribution in [2.24, 2.45) is 5.92 Å². The van der Waals surface area contributed by atoms with Crippen molar-refractivity contribution in [3.8, 4) is 0 Å². The molecule has 16 heavy (non-hydrogen) atoms. The number of carbonyl (C=O) groups is 1. The van der Waals surface area contributed by atoms with Crippen molar-refractivity contribution in [3.05, 3.63) is 0 Å². The summed E-state index contributed by atoms with van der Waals surface area (Å²) in [6.45, 7) is 2.64. The van der Waals surface area contributed by atoms with E-state index in [-0.39, 0.29) is 6.54 Å². The molecule has 0 aromatic rings. The van der Waals surface area contributed by atoms with Gasteiger partial charge in [0.15, 0.2) is 0 Å². The van der Waals surface area contributed by atoms with Crippen LogP contribution in [0.15, 0.2) is 0 Å². The third-order valence-electron chi connectivity index (χ3n) is 3.14. The summed E-state index contributed by atoms with van der Waals surface area (Å²) in [5.41, 5.74) is 0. The van der Waals surface area contributed by atoms with Gasteiger partial charge in [-0.15, -0.1) is 0 Å². The second-order valence-corrected chi connectivity index (χ2v) is 6.32. The highest BCUT2D eigenvalue weighted by Gasteiger charge is 2.43. The number of nitrogens with zero attached hydrogens (tertiary/aromatic N) is 2. The number of rotatable bonds is 4. The Bertz CT molecular complexity index is 390. The average Bonchev–Trinajstić information content (AvgIpc) is 2.94. The van der Waals surface area contributed by atoms with Crippen LogP contribution < -0.4 is 0 Å². The smallest absolute Gasteiger partial charge is 0.321 e. The largest absolute Gasteiger partial charge is 0.480 e. The fraction of sp³-hybridized carbons (Fsp3) is 0.889. The molecule has 1 N–H and O–H groups in total. The van der Waals surface area contributed by atoms with Crippen LogP contribution in [0.5, 0.6) is 0 Å². The lowest BCUT2D eigenvalue weighted by Gasteiger charge is -2.21. The molecule has 1 atom stereocenters. The molecule has 92 valence electrons. The van der Waals surface area contributed by atoms with E-state index in [0.29, 0.717) is 19.0 Å². The van der Waals surface area contributed by atoms with Gasteiger partial charge >= 0.3 is 5.97 Å². The van der Waals surface area contributed by atoms with Crippen LogP contribution in [0.25, 0.3) is 0 Å². The third-order valence-corrected chi connectivity index (χ3v) is 5.22. The van der Waals surface area contributed by atoms with E-state index in [0.717, 1.165) is 17.1 Å². The maximum Gasteiger partial charge on any atom is 0.321 e. The number of carboxylic acids is 1. The summed E-state index contributed by atoms with van der Waals surface area (Å²) in [6, 6.07) is -0.978. The van der Waals surface area contributed by atoms with Crippen LogP contribution in [-0.2, 0) is 15.0 Å². The third kappa shape index (κ3) is 2.07. The van der Waals surface area contributed by atoms with Crippen LogP contribution in [0.1, 0.15) is 19.8 Å².